The molecule has 0 heterocycles. The monoisotopic (exact) mass is 423 g/mol. The Hall–Kier alpha value is -2.09. The van der Waals surface area contributed by atoms with Gasteiger partial charge in [-0.05, 0) is 42.3 Å². The van der Waals surface area contributed by atoms with Gasteiger partial charge in [0, 0.05) is 24.7 Å². The summed E-state index contributed by atoms with van der Waals surface area (Å²) in [7, 11) is -3.49. The lowest BCUT2D eigenvalue weighted by atomic mass is 10.1. The topological polar surface area (TPSA) is 78.5 Å². The maximum absolute atomic E-state index is 12.5. The molecule has 0 aromatic heterocycles. The van der Waals surface area contributed by atoms with Crippen molar-refractivity contribution < 1.29 is 13.2 Å². The molecule has 0 saturated heterocycles. The molecule has 2 aromatic rings. The standard InChI is InChI=1S/C20H26ClN3O3S/c1-4-24(5-2)28(26,27)19-11-9-17(10-12-19)15(3)23-20(25)22-14-16-7-6-8-18(21)13-16/h6-13,15H,4-5,14H2,1-3H3,(H2,22,23,25). The minimum Gasteiger partial charge on any atom is -0.334 e. The molecule has 1 atom stereocenters. The Balaban J connectivity index is 1.97. The Bertz CT molecular complexity index is 897. The zero-order chi connectivity index (χ0) is 20.7. The first-order chi connectivity index (χ1) is 13.3. The molecule has 2 rings (SSSR count). The summed E-state index contributed by atoms with van der Waals surface area (Å²) in [5.41, 5.74) is 1.72. The summed E-state index contributed by atoms with van der Waals surface area (Å²) in [5.74, 6) is 0. The van der Waals surface area contributed by atoms with Crippen LogP contribution in [0.25, 0.3) is 0 Å². The van der Waals surface area contributed by atoms with Gasteiger partial charge in [0.15, 0.2) is 0 Å². The fourth-order valence-electron chi connectivity index (χ4n) is 2.80. The molecule has 0 radical (unpaired) electrons. The third-order valence-electron chi connectivity index (χ3n) is 4.41. The lowest BCUT2D eigenvalue weighted by Crippen LogP contribution is -2.36. The van der Waals surface area contributed by atoms with Crippen molar-refractivity contribution >= 4 is 27.7 Å². The fraction of sp³-hybridized carbons (Fsp3) is 0.350. The van der Waals surface area contributed by atoms with Crippen molar-refractivity contribution in [2.75, 3.05) is 13.1 Å². The Kier molecular flexibility index (Phi) is 7.86. The maximum atomic E-state index is 12.5. The minimum absolute atomic E-state index is 0.248. The van der Waals surface area contributed by atoms with E-state index < -0.39 is 10.0 Å². The van der Waals surface area contributed by atoms with Crippen LogP contribution < -0.4 is 10.6 Å². The van der Waals surface area contributed by atoms with E-state index in [-0.39, 0.29) is 17.0 Å². The highest BCUT2D eigenvalue weighted by Crippen LogP contribution is 2.19. The summed E-state index contributed by atoms with van der Waals surface area (Å²) in [4.78, 5) is 12.4. The van der Waals surface area contributed by atoms with E-state index in [1.54, 1.807) is 36.4 Å². The summed E-state index contributed by atoms with van der Waals surface area (Å²) in [6.45, 7) is 6.66. The average Bonchev–Trinajstić information content (AvgIpc) is 2.67. The first-order valence-corrected chi connectivity index (χ1v) is 11.0. The van der Waals surface area contributed by atoms with E-state index in [4.69, 9.17) is 11.6 Å². The van der Waals surface area contributed by atoms with Gasteiger partial charge in [0.2, 0.25) is 10.0 Å². The fourth-order valence-corrected chi connectivity index (χ4v) is 4.47. The smallest absolute Gasteiger partial charge is 0.315 e. The van der Waals surface area contributed by atoms with Gasteiger partial charge in [-0.1, -0.05) is 49.7 Å². The number of benzene rings is 2. The molecule has 6 nitrogen and oxygen atoms in total. The largest absolute Gasteiger partial charge is 0.334 e. The number of sulfonamides is 1. The van der Waals surface area contributed by atoms with Crippen LogP contribution >= 0.6 is 11.6 Å². The van der Waals surface area contributed by atoms with Crippen LogP contribution in [0.5, 0.6) is 0 Å². The second-order valence-electron chi connectivity index (χ2n) is 6.34. The molecule has 2 amide bonds. The highest BCUT2D eigenvalue weighted by Gasteiger charge is 2.21. The molecule has 2 aromatic carbocycles. The Morgan fingerprint density at radius 1 is 1.11 bits per heavy atom. The Morgan fingerprint density at radius 3 is 2.32 bits per heavy atom. The van der Waals surface area contributed by atoms with Gasteiger partial charge in [-0.25, -0.2) is 13.2 Å². The van der Waals surface area contributed by atoms with Crippen LogP contribution in [0.4, 0.5) is 4.79 Å². The zero-order valence-corrected chi connectivity index (χ0v) is 17.8. The Labute approximate surface area is 171 Å². The lowest BCUT2D eigenvalue weighted by Gasteiger charge is -2.19. The van der Waals surface area contributed by atoms with E-state index in [1.165, 1.54) is 4.31 Å². The van der Waals surface area contributed by atoms with E-state index >= 15 is 0 Å². The lowest BCUT2D eigenvalue weighted by molar-refractivity contribution is 0.237. The zero-order valence-electron chi connectivity index (χ0n) is 16.3. The average molecular weight is 424 g/mol. The molecule has 1 unspecified atom stereocenters. The van der Waals surface area contributed by atoms with Gasteiger partial charge in [-0.15, -0.1) is 0 Å². The summed E-state index contributed by atoms with van der Waals surface area (Å²) in [6, 6.07) is 13.3. The van der Waals surface area contributed by atoms with E-state index in [1.807, 2.05) is 32.9 Å². The van der Waals surface area contributed by atoms with Crippen molar-refractivity contribution in [3.8, 4) is 0 Å². The molecule has 8 heteroatoms. The van der Waals surface area contributed by atoms with Crippen molar-refractivity contribution in [1.82, 2.24) is 14.9 Å². The number of nitrogens with zero attached hydrogens (tertiary/aromatic N) is 1. The molecule has 152 valence electrons. The molecule has 0 spiro atoms. The predicted molar refractivity (Wildman–Crippen MR) is 112 cm³/mol. The van der Waals surface area contributed by atoms with Crippen LogP contribution in [0.2, 0.25) is 5.02 Å². The molecule has 0 fully saturated rings. The molecule has 0 saturated carbocycles. The van der Waals surface area contributed by atoms with Gasteiger partial charge in [-0.2, -0.15) is 4.31 Å². The van der Waals surface area contributed by atoms with Crippen LogP contribution in [0.3, 0.4) is 0 Å². The number of amides is 2. The van der Waals surface area contributed by atoms with Crippen molar-refractivity contribution in [3.05, 3.63) is 64.7 Å². The maximum Gasteiger partial charge on any atom is 0.315 e. The number of nitrogens with one attached hydrogen (secondary N) is 2. The van der Waals surface area contributed by atoms with Crippen molar-refractivity contribution in [3.63, 3.8) is 0 Å². The van der Waals surface area contributed by atoms with Gasteiger partial charge >= 0.3 is 6.03 Å². The highest BCUT2D eigenvalue weighted by atomic mass is 35.5. The quantitative estimate of drug-likeness (QED) is 0.675. The normalized spacial score (nSPS) is 12.6. The number of rotatable bonds is 8. The van der Waals surface area contributed by atoms with Crippen LogP contribution in [0, 0.1) is 0 Å². The molecular formula is C20H26ClN3O3S. The van der Waals surface area contributed by atoms with Gasteiger partial charge in [0.1, 0.15) is 0 Å². The Morgan fingerprint density at radius 2 is 1.75 bits per heavy atom. The molecule has 0 bridgehead atoms. The van der Waals surface area contributed by atoms with Crippen molar-refractivity contribution in [1.29, 1.82) is 0 Å². The van der Waals surface area contributed by atoms with Crippen LogP contribution in [0.1, 0.15) is 37.9 Å². The van der Waals surface area contributed by atoms with Crippen LogP contribution in [0.15, 0.2) is 53.4 Å². The molecule has 2 N–H and O–H groups in total. The summed E-state index contributed by atoms with van der Waals surface area (Å²) >= 11 is 5.93. The number of carbonyl (C=O) groups excluding carboxylic acids is 1. The molecule has 0 aliphatic rings. The highest BCUT2D eigenvalue weighted by molar-refractivity contribution is 7.89. The second-order valence-corrected chi connectivity index (χ2v) is 8.71. The number of carbonyl (C=O) groups is 1. The third-order valence-corrected chi connectivity index (χ3v) is 6.71. The first-order valence-electron chi connectivity index (χ1n) is 9.16. The summed E-state index contributed by atoms with van der Waals surface area (Å²) in [6.07, 6.45) is 0. The number of urea groups is 1. The van der Waals surface area contributed by atoms with Crippen molar-refractivity contribution in [2.45, 2.75) is 38.3 Å². The number of halogens is 1. The molecule has 0 aliphatic carbocycles. The van der Waals surface area contributed by atoms with Crippen molar-refractivity contribution in [2.24, 2.45) is 0 Å². The molecular weight excluding hydrogens is 398 g/mol. The van der Waals surface area contributed by atoms with E-state index in [0.29, 0.717) is 24.7 Å². The van der Waals surface area contributed by atoms with Gasteiger partial charge in [-0.3, -0.25) is 0 Å². The van der Waals surface area contributed by atoms with Gasteiger partial charge in [0.25, 0.3) is 0 Å². The number of hydrogen-bond acceptors (Lipinski definition) is 3. The van der Waals surface area contributed by atoms with E-state index in [0.717, 1.165) is 11.1 Å². The van der Waals surface area contributed by atoms with E-state index in [2.05, 4.69) is 10.6 Å². The minimum atomic E-state index is -3.49. The summed E-state index contributed by atoms with van der Waals surface area (Å²) < 4.78 is 26.5. The molecule has 28 heavy (non-hydrogen) atoms. The third kappa shape index (κ3) is 5.70. The van der Waals surface area contributed by atoms with Gasteiger partial charge in [0.05, 0.1) is 10.9 Å². The summed E-state index contributed by atoms with van der Waals surface area (Å²) in [5, 5.41) is 6.24. The van der Waals surface area contributed by atoms with Crippen LogP contribution in [-0.4, -0.2) is 31.8 Å². The van der Waals surface area contributed by atoms with E-state index in [9.17, 15) is 13.2 Å². The predicted octanol–water partition coefficient (Wildman–Crippen LogP) is 3.93. The first kappa shape index (κ1) is 22.2. The second kappa shape index (κ2) is 9.91. The molecule has 0 aliphatic heterocycles. The SMILES string of the molecule is CCN(CC)S(=O)(=O)c1ccc(C(C)NC(=O)NCc2cccc(Cl)c2)cc1. The number of hydrogen-bond donors (Lipinski definition) is 2. The van der Waals surface area contributed by atoms with Gasteiger partial charge < -0.3 is 10.6 Å². The van der Waals surface area contributed by atoms with Crippen LogP contribution in [-0.2, 0) is 16.6 Å².